The van der Waals surface area contributed by atoms with E-state index in [9.17, 15) is 10.1 Å². The highest BCUT2D eigenvalue weighted by molar-refractivity contribution is 7.99. The second-order valence-corrected chi connectivity index (χ2v) is 4.55. The van der Waals surface area contributed by atoms with Crippen LogP contribution in [-0.4, -0.2) is 10.7 Å². The Bertz CT molecular complexity index is 352. The van der Waals surface area contributed by atoms with Crippen LogP contribution in [0, 0.1) is 17.0 Å². The number of thioether (sulfide) groups is 1. The molecule has 0 radical (unpaired) electrons. The fraction of sp³-hybridized carbons (Fsp3) is 0.455. The highest BCUT2D eigenvalue weighted by Gasteiger charge is 2.07. The Morgan fingerprint density at radius 1 is 1.47 bits per heavy atom. The lowest BCUT2D eigenvalue weighted by atomic mass is 10.2. The zero-order valence-corrected chi connectivity index (χ0v) is 9.84. The first-order chi connectivity index (χ1) is 7.15. The van der Waals surface area contributed by atoms with Gasteiger partial charge in [0.25, 0.3) is 5.69 Å². The van der Waals surface area contributed by atoms with Crippen molar-refractivity contribution in [3.8, 4) is 0 Å². The van der Waals surface area contributed by atoms with Gasteiger partial charge in [-0.3, -0.25) is 10.1 Å². The van der Waals surface area contributed by atoms with Gasteiger partial charge >= 0.3 is 0 Å². The van der Waals surface area contributed by atoms with Gasteiger partial charge in [0.1, 0.15) is 0 Å². The summed E-state index contributed by atoms with van der Waals surface area (Å²) in [6.07, 6.45) is 2.36. The number of rotatable bonds is 5. The van der Waals surface area contributed by atoms with Crippen LogP contribution in [0.2, 0.25) is 0 Å². The van der Waals surface area contributed by atoms with E-state index in [2.05, 4.69) is 6.92 Å². The highest BCUT2D eigenvalue weighted by Crippen LogP contribution is 2.26. The minimum atomic E-state index is -0.354. The molecule has 0 saturated heterocycles. The minimum Gasteiger partial charge on any atom is -0.258 e. The average molecular weight is 225 g/mol. The van der Waals surface area contributed by atoms with E-state index in [1.54, 1.807) is 23.9 Å². The number of benzene rings is 1. The molecule has 1 aromatic rings. The van der Waals surface area contributed by atoms with E-state index in [0.717, 1.165) is 16.2 Å². The third kappa shape index (κ3) is 3.55. The second-order valence-electron chi connectivity index (χ2n) is 3.41. The first-order valence-corrected chi connectivity index (χ1v) is 6.01. The van der Waals surface area contributed by atoms with Crippen molar-refractivity contribution in [3.05, 3.63) is 33.9 Å². The van der Waals surface area contributed by atoms with Gasteiger partial charge in [0, 0.05) is 17.0 Å². The molecule has 0 bridgehead atoms. The topological polar surface area (TPSA) is 43.1 Å². The molecule has 0 aliphatic heterocycles. The molecular weight excluding hydrogens is 210 g/mol. The molecule has 0 aliphatic carbocycles. The molecule has 0 unspecified atom stereocenters. The number of nitrogens with zero attached hydrogens (tertiary/aromatic N) is 1. The maximum absolute atomic E-state index is 10.5. The van der Waals surface area contributed by atoms with E-state index in [0.29, 0.717) is 0 Å². The SMILES string of the molecule is CCCCSc1ccc([N+](=O)[O-])cc1C. The summed E-state index contributed by atoms with van der Waals surface area (Å²) >= 11 is 1.77. The predicted molar refractivity (Wildman–Crippen MR) is 63.5 cm³/mol. The number of hydrogen-bond acceptors (Lipinski definition) is 3. The Balaban J connectivity index is 2.70. The quantitative estimate of drug-likeness (QED) is 0.331. The Morgan fingerprint density at radius 3 is 2.73 bits per heavy atom. The number of non-ortho nitro benzene ring substituents is 1. The van der Waals surface area contributed by atoms with Crippen LogP contribution in [-0.2, 0) is 0 Å². The first-order valence-electron chi connectivity index (χ1n) is 5.03. The lowest BCUT2D eigenvalue weighted by Gasteiger charge is -2.04. The second kappa shape index (κ2) is 5.75. The molecule has 0 spiro atoms. The largest absolute Gasteiger partial charge is 0.269 e. The third-order valence-corrected chi connectivity index (χ3v) is 3.39. The lowest BCUT2D eigenvalue weighted by Crippen LogP contribution is -1.90. The van der Waals surface area contributed by atoms with E-state index in [-0.39, 0.29) is 10.6 Å². The summed E-state index contributed by atoms with van der Waals surface area (Å²) in [6.45, 7) is 4.07. The molecule has 0 aromatic heterocycles. The van der Waals surface area contributed by atoms with Crippen LogP contribution in [0.1, 0.15) is 25.3 Å². The van der Waals surface area contributed by atoms with Crippen molar-refractivity contribution in [1.82, 2.24) is 0 Å². The molecule has 1 rings (SSSR count). The molecule has 15 heavy (non-hydrogen) atoms. The molecule has 0 fully saturated rings. The molecule has 0 aliphatic rings. The molecule has 0 saturated carbocycles. The smallest absolute Gasteiger partial charge is 0.258 e. The molecule has 0 N–H and O–H groups in total. The number of nitro benzene ring substituents is 1. The van der Waals surface area contributed by atoms with Crippen molar-refractivity contribution in [1.29, 1.82) is 0 Å². The van der Waals surface area contributed by atoms with Crippen molar-refractivity contribution in [2.75, 3.05) is 5.75 Å². The summed E-state index contributed by atoms with van der Waals surface area (Å²) in [5, 5.41) is 10.5. The van der Waals surface area contributed by atoms with Crippen LogP contribution in [0.5, 0.6) is 0 Å². The summed E-state index contributed by atoms with van der Waals surface area (Å²) in [4.78, 5) is 11.3. The van der Waals surface area contributed by atoms with Crippen LogP contribution in [0.15, 0.2) is 23.1 Å². The Kier molecular flexibility index (Phi) is 4.62. The van der Waals surface area contributed by atoms with Gasteiger partial charge in [0.2, 0.25) is 0 Å². The summed E-state index contributed by atoms with van der Waals surface area (Å²) in [6, 6.07) is 5.04. The number of hydrogen-bond donors (Lipinski definition) is 0. The normalized spacial score (nSPS) is 10.3. The van der Waals surface area contributed by atoms with Crippen LogP contribution in [0.3, 0.4) is 0 Å². The molecule has 3 nitrogen and oxygen atoms in total. The Labute approximate surface area is 94.0 Å². The Morgan fingerprint density at radius 2 is 2.20 bits per heavy atom. The van der Waals surface area contributed by atoms with Crippen LogP contribution in [0.4, 0.5) is 5.69 Å². The van der Waals surface area contributed by atoms with Gasteiger partial charge in [-0.2, -0.15) is 0 Å². The van der Waals surface area contributed by atoms with Crippen LogP contribution < -0.4 is 0 Å². The van der Waals surface area contributed by atoms with Gasteiger partial charge in [-0.25, -0.2) is 0 Å². The number of aryl methyl sites for hydroxylation is 1. The van der Waals surface area contributed by atoms with Gasteiger partial charge in [-0.05, 0) is 30.7 Å². The van der Waals surface area contributed by atoms with E-state index >= 15 is 0 Å². The van der Waals surface area contributed by atoms with Gasteiger partial charge in [-0.15, -0.1) is 11.8 Å². The van der Waals surface area contributed by atoms with Crippen molar-refractivity contribution >= 4 is 17.4 Å². The summed E-state index contributed by atoms with van der Waals surface area (Å²) < 4.78 is 0. The van der Waals surface area contributed by atoms with E-state index < -0.39 is 0 Å². The first kappa shape index (κ1) is 12.0. The highest BCUT2D eigenvalue weighted by atomic mass is 32.2. The maximum atomic E-state index is 10.5. The molecule has 0 heterocycles. The lowest BCUT2D eigenvalue weighted by molar-refractivity contribution is -0.385. The van der Waals surface area contributed by atoms with E-state index in [4.69, 9.17) is 0 Å². The van der Waals surface area contributed by atoms with Gasteiger partial charge in [0.05, 0.1) is 4.92 Å². The van der Waals surface area contributed by atoms with Gasteiger partial charge < -0.3 is 0 Å². The zero-order chi connectivity index (χ0) is 11.3. The van der Waals surface area contributed by atoms with Gasteiger partial charge in [0.15, 0.2) is 0 Å². The van der Waals surface area contributed by atoms with Crippen LogP contribution >= 0.6 is 11.8 Å². The molecule has 1 aromatic carbocycles. The number of nitro groups is 1. The summed E-state index contributed by atoms with van der Waals surface area (Å²) in [5.74, 6) is 1.08. The maximum Gasteiger partial charge on any atom is 0.269 e. The fourth-order valence-electron chi connectivity index (χ4n) is 1.24. The summed E-state index contributed by atoms with van der Waals surface area (Å²) in [7, 11) is 0. The van der Waals surface area contributed by atoms with Crippen molar-refractivity contribution in [3.63, 3.8) is 0 Å². The van der Waals surface area contributed by atoms with Crippen molar-refractivity contribution < 1.29 is 4.92 Å². The predicted octanol–water partition coefficient (Wildman–Crippen LogP) is 3.80. The molecule has 0 amide bonds. The number of unbranched alkanes of at least 4 members (excludes halogenated alkanes) is 1. The summed E-state index contributed by atoms with van der Waals surface area (Å²) in [5.41, 5.74) is 1.16. The average Bonchev–Trinajstić information content (AvgIpc) is 2.20. The van der Waals surface area contributed by atoms with E-state index in [1.807, 2.05) is 13.0 Å². The van der Waals surface area contributed by atoms with Crippen LogP contribution in [0.25, 0.3) is 0 Å². The van der Waals surface area contributed by atoms with Crippen molar-refractivity contribution in [2.24, 2.45) is 0 Å². The zero-order valence-electron chi connectivity index (χ0n) is 9.03. The molecule has 82 valence electrons. The monoisotopic (exact) mass is 225 g/mol. The molecule has 4 heteroatoms. The third-order valence-electron chi connectivity index (χ3n) is 2.12. The molecule has 0 atom stereocenters. The minimum absolute atomic E-state index is 0.173. The standard InChI is InChI=1S/C11H15NO2S/c1-3-4-7-15-11-6-5-10(12(13)14)8-9(11)2/h5-6,8H,3-4,7H2,1-2H3. The molecular formula is C11H15NO2S. The van der Waals surface area contributed by atoms with Crippen molar-refractivity contribution in [2.45, 2.75) is 31.6 Å². The fourth-order valence-corrected chi connectivity index (χ4v) is 2.34. The van der Waals surface area contributed by atoms with Gasteiger partial charge in [-0.1, -0.05) is 13.3 Å². The van der Waals surface area contributed by atoms with E-state index in [1.165, 1.54) is 12.8 Å². The Hall–Kier alpha value is -1.03.